The van der Waals surface area contributed by atoms with E-state index in [9.17, 15) is 0 Å². The molecule has 0 unspecified atom stereocenters. The highest BCUT2D eigenvalue weighted by atomic mass is 35.5. The van der Waals surface area contributed by atoms with Crippen molar-refractivity contribution in [2.24, 2.45) is 0 Å². The van der Waals surface area contributed by atoms with E-state index < -0.39 is 0 Å². The summed E-state index contributed by atoms with van der Waals surface area (Å²) in [6.45, 7) is 4.58. The number of benzene rings is 1. The molecule has 2 aromatic heterocycles. The fourth-order valence-electron chi connectivity index (χ4n) is 3.14. The van der Waals surface area contributed by atoms with Gasteiger partial charge in [0, 0.05) is 13.1 Å². The number of anilines is 1. The Bertz CT molecular complexity index is 782. The topological polar surface area (TPSA) is 60.0 Å². The van der Waals surface area contributed by atoms with E-state index in [1.165, 1.54) is 49.2 Å². The smallest absolute Gasteiger partial charge is 0.181 e. The van der Waals surface area contributed by atoms with Crippen LogP contribution in [0.4, 0.5) is 5.13 Å². The van der Waals surface area contributed by atoms with Gasteiger partial charge in [0.2, 0.25) is 0 Å². The highest BCUT2D eigenvalue weighted by Gasteiger charge is 2.13. The second-order valence-electron chi connectivity index (χ2n) is 5.67. The number of imidazole rings is 1. The molecule has 1 aliphatic rings. The monoisotopic (exact) mass is 409 g/mol. The minimum atomic E-state index is 0. The maximum atomic E-state index is 5.81. The number of rotatable bonds is 3. The molecule has 3 aromatic rings. The van der Waals surface area contributed by atoms with Crippen LogP contribution in [0.2, 0.25) is 0 Å². The van der Waals surface area contributed by atoms with E-state index in [4.69, 9.17) is 5.73 Å². The average Bonchev–Trinajstić information content (AvgIpc) is 3.08. The molecular weight excluding hydrogens is 389 g/mol. The fourth-order valence-corrected chi connectivity index (χ4v) is 3.97. The van der Waals surface area contributed by atoms with Crippen molar-refractivity contribution in [1.82, 2.24) is 19.4 Å². The van der Waals surface area contributed by atoms with Crippen LogP contribution in [0.5, 0.6) is 0 Å². The number of thiazole rings is 1. The van der Waals surface area contributed by atoms with E-state index in [0.29, 0.717) is 5.13 Å². The first kappa shape index (κ1) is 21.3. The molecule has 1 aliphatic heterocycles. The number of aromatic nitrogens is 3. The third-order valence-corrected chi connectivity index (χ3v) is 5.18. The van der Waals surface area contributed by atoms with Crippen molar-refractivity contribution < 1.29 is 0 Å². The number of piperidine rings is 1. The quantitative estimate of drug-likeness (QED) is 0.709. The van der Waals surface area contributed by atoms with E-state index >= 15 is 0 Å². The van der Waals surface area contributed by atoms with Gasteiger partial charge in [0.25, 0.3) is 0 Å². The molecule has 1 fully saturated rings. The normalized spacial score (nSPS) is 14.8. The molecule has 134 valence electrons. The standard InChI is InChI=1S/C15H19N5S.3ClH/c16-15-18-11-4-5-12-13(14(11)21-15)17-10-20(12)9-8-19-6-2-1-3-7-19;;;/h4-5,10H,1-3,6-9H2,(H2,16,18);3*1H. The van der Waals surface area contributed by atoms with Crippen LogP contribution in [0.1, 0.15) is 19.3 Å². The van der Waals surface area contributed by atoms with Gasteiger partial charge >= 0.3 is 0 Å². The maximum Gasteiger partial charge on any atom is 0.181 e. The van der Waals surface area contributed by atoms with Crippen LogP contribution < -0.4 is 5.73 Å². The van der Waals surface area contributed by atoms with Crippen molar-refractivity contribution in [2.45, 2.75) is 25.8 Å². The van der Waals surface area contributed by atoms with Crippen LogP contribution in [0.25, 0.3) is 21.3 Å². The van der Waals surface area contributed by atoms with Crippen LogP contribution in [-0.2, 0) is 6.54 Å². The number of nitrogen functional groups attached to an aromatic ring is 1. The Morgan fingerprint density at radius 3 is 2.54 bits per heavy atom. The first-order chi connectivity index (χ1) is 10.3. The molecule has 0 atom stereocenters. The fraction of sp³-hybridized carbons (Fsp3) is 0.467. The number of nitrogens with zero attached hydrogens (tertiary/aromatic N) is 4. The average molecular weight is 411 g/mol. The van der Waals surface area contributed by atoms with Gasteiger partial charge in [0.1, 0.15) is 5.52 Å². The van der Waals surface area contributed by atoms with Crippen molar-refractivity contribution in [3.63, 3.8) is 0 Å². The van der Waals surface area contributed by atoms with Gasteiger partial charge in [-0.15, -0.1) is 37.2 Å². The number of nitrogens with two attached hydrogens (primary N) is 1. The molecule has 0 saturated carbocycles. The third-order valence-electron chi connectivity index (χ3n) is 4.27. The molecule has 24 heavy (non-hydrogen) atoms. The summed E-state index contributed by atoms with van der Waals surface area (Å²) in [6.07, 6.45) is 6.01. The SMILES string of the molecule is Cl.Cl.Cl.Nc1nc2ccc3c(ncn3CCN3CCCCC3)c2s1. The number of hydrogen-bond acceptors (Lipinski definition) is 5. The van der Waals surface area contributed by atoms with Crippen LogP contribution in [0, 0.1) is 0 Å². The molecule has 0 spiro atoms. The Kier molecular flexibility index (Phi) is 8.02. The lowest BCUT2D eigenvalue weighted by atomic mass is 10.1. The molecule has 9 heteroatoms. The lowest BCUT2D eigenvalue weighted by molar-refractivity contribution is 0.221. The van der Waals surface area contributed by atoms with Crippen LogP contribution in [-0.4, -0.2) is 39.1 Å². The second-order valence-corrected chi connectivity index (χ2v) is 6.70. The van der Waals surface area contributed by atoms with Crippen molar-refractivity contribution in [3.8, 4) is 0 Å². The predicted molar refractivity (Wildman–Crippen MR) is 109 cm³/mol. The van der Waals surface area contributed by atoms with Gasteiger partial charge in [0.05, 0.1) is 22.1 Å². The number of likely N-dealkylation sites (tertiary alicyclic amines) is 1. The summed E-state index contributed by atoms with van der Waals surface area (Å²) in [4.78, 5) is 11.5. The molecular formula is C15H22Cl3N5S. The maximum absolute atomic E-state index is 5.81. The largest absolute Gasteiger partial charge is 0.375 e. The zero-order valence-corrected chi connectivity index (χ0v) is 16.4. The summed E-state index contributed by atoms with van der Waals surface area (Å²) in [5, 5.41) is 0.611. The highest BCUT2D eigenvalue weighted by molar-refractivity contribution is 7.22. The van der Waals surface area contributed by atoms with Gasteiger partial charge in [0.15, 0.2) is 5.13 Å². The van der Waals surface area contributed by atoms with Crippen LogP contribution >= 0.6 is 48.6 Å². The van der Waals surface area contributed by atoms with Gasteiger partial charge in [-0.05, 0) is 38.1 Å². The molecule has 1 saturated heterocycles. The Morgan fingerprint density at radius 1 is 1.04 bits per heavy atom. The molecule has 0 amide bonds. The van der Waals surface area contributed by atoms with E-state index in [2.05, 4.69) is 25.5 Å². The Labute approximate surface area is 163 Å². The molecule has 2 N–H and O–H groups in total. The summed E-state index contributed by atoms with van der Waals surface area (Å²) in [5.74, 6) is 0. The number of hydrogen-bond donors (Lipinski definition) is 1. The molecule has 3 heterocycles. The van der Waals surface area contributed by atoms with Gasteiger partial charge in [-0.2, -0.15) is 0 Å². The minimum absolute atomic E-state index is 0. The van der Waals surface area contributed by atoms with Crippen molar-refractivity contribution in [3.05, 3.63) is 18.5 Å². The summed E-state index contributed by atoms with van der Waals surface area (Å²) in [5.41, 5.74) is 8.97. The van der Waals surface area contributed by atoms with Gasteiger partial charge in [-0.25, -0.2) is 9.97 Å². The zero-order valence-electron chi connectivity index (χ0n) is 13.2. The molecule has 1 aromatic carbocycles. The molecule has 4 rings (SSSR count). The minimum Gasteiger partial charge on any atom is -0.375 e. The first-order valence-corrected chi connectivity index (χ1v) is 8.35. The van der Waals surface area contributed by atoms with E-state index in [-0.39, 0.29) is 37.2 Å². The van der Waals surface area contributed by atoms with Gasteiger partial charge in [-0.3, -0.25) is 0 Å². The molecule has 5 nitrogen and oxygen atoms in total. The van der Waals surface area contributed by atoms with Gasteiger partial charge in [-0.1, -0.05) is 17.8 Å². The summed E-state index contributed by atoms with van der Waals surface area (Å²) >= 11 is 1.52. The first-order valence-electron chi connectivity index (χ1n) is 7.53. The predicted octanol–water partition coefficient (Wildman–Crippen LogP) is 3.98. The van der Waals surface area contributed by atoms with E-state index in [1.807, 2.05) is 12.4 Å². The Balaban J connectivity index is 0.000000960. The third kappa shape index (κ3) is 4.06. The highest BCUT2D eigenvalue weighted by Crippen LogP contribution is 2.30. The molecule has 0 radical (unpaired) electrons. The van der Waals surface area contributed by atoms with Crippen molar-refractivity contribution >= 4 is 74.9 Å². The Morgan fingerprint density at radius 2 is 1.79 bits per heavy atom. The number of halogens is 3. The zero-order chi connectivity index (χ0) is 14.2. The molecule has 0 bridgehead atoms. The summed E-state index contributed by atoms with van der Waals surface area (Å²) in [7, 11) is 0. The Hall–Kier alpha value is -0.790. The lowest BCUT2D eigenvalue weighted by Crippen LogP contribution is -2.32. The second kappa shape index (κ2) is 9.06. The van der Waals surface area contributed by atoms with E-state index in [0.717, 1.165) is 28.8 Å². The van der Waals surface area contributed by atoms with Crippen molar-refractivity contribution in [1.29, 1.82) is 0 Å². The summed E-state index contributed by atoms with van der Waals surface area (Å²) in [6, 6.07) is 4.16. The summed E-state index contributed by atoms with van der Waals surface area (Å²) < 4.78 is 3.35. The molecule has 0 aliphatic carbocycles. The van der Waals surface area contributed by atoms with Crippen LogP contribution in [0.15, 0.2) is 18.5 Å². The van der Waals surface area contributed by atoms with Gasteiger partial charge < -0.3 is 15.2 Å². The van der Waals surface area contributed by atoms with E-state index in [1.54, 1.807) is 0 Å². The van der Waals surface area contributed by atoms with Crippen LogP contribution in [0.3, 0.4) is 0 Å². The lowest BCUT2D eigenvalue weighted by Gasteiger charge is -2.26. The van der Waals surface area contributed by atoms with Crippen molar-refractivity contribution in [2.75, 3.05) is 25.4 Å². The number of fused-ring (bicyclic) bond motifs is 3.